The van der Waals surface area contributed by atoms with Gasteiger partial charge in [-0.3, -0.25) is 0 Å². The summed E-state index contributed by atoms with van der Waals surface area (Å²) in [6.07, 6.45) is -2.38. The van der Waals surface area contributed by atoms with Gasteiger partial charge in [0.05, 0.1) is 33.3 Å². The fourth-order valence-electron chi connectivity index (χ4n) is 2.60. The average Bonchev–Trinajstić information content (AvgIpc) is 3.29. The summed E-state index contributed by atoms with van der Waals surface area (Å²) in [5.41, 5.74) is -0.303. The molecule has 0 fully saturated rings. The molecule has 12 heteroatoms. The lowest BCUT2D eigenvalue weighted by atomic mass is 10.2. The Morgan fingerprint density at radius 2 is 1.69 bits per heavy atom. The van der Waals surface area contributed by atoms with Crippen molar-refractivity contribution in [2.75, 3.05) is 7.11 Å². The van der Waals surface area contributed by atoms with E-state index < -0.39 is 11.7 Å². The molecule has 0 amide bonds. The number of hydrogen-bond donors (Lipinski definition) is 0. The average molecular weight is 464 g/mol. The second-order valence-electron chi connectivity index (χ2n) is 5.81. The van der Waals surface area contributed by atoms with Crippen LogP contribution in [0.4, 0.5) is 13.2 Å². The minimum Gasteiger partial charge on any atom is -0.495 e. The number of aromatic nitrogens is 4. The fourth-order valence-corrected chi connectivity index (χ4v) is 3.33. The topological polar surface area (TPSA) is 65.5 Å². The van der Waals surface area contributed by atoms with Crippen molar-refractivity contribution >= 4 is 40.4 Å². The maximum absolute atomic E-state index is 13.0. The number of imidazole rings is 1. The van der Waals surface area contributed by atoms with Crippen LogP contribution in [0.1, 0.15) is 5.56 Å². The molecule has 0 saturated heterocycles. The van der Waals surface area contributed by atoms with Crippen LogP contribution in [0.25, 0.3) is 28.7 Å². The third kappa shape index (κ3) is 3.61. The largest absolute Gasteiger partial charge is 0.495 e. The number of methoxy groups -OCH3 is 1. The van der Waals surface area contributed by atoms with Crippen molar-refractivity contribution in [2.24, 2.45) is 0 Å². The van der Waals surface area contributed by atoms with E-state index in [0.29, 0.717) is 11.3 Å². The number of halogens is 6. The number of alkyl halides is 3. The molecule has 0 spiro atoms. The molecule has 0 aliphatic rings. The Balaban J connectivity index is 1.76. The first-order valence-corrected chi connectivity index (χ1v) is 8.93. The van der Waals surface area contributed by atoms with Gasteiger partial charge in [-0.1, -0.05) is 34.8 Å². The van der Waals surface area contributed by atoms with Crippen LogP contribution in [-0.4, -0.2) is 26.7 Å². The third-order valence-electron chi connectivity index (χ3n) is 3.95. The second kappa shape index (κ2) is 7.08. The summed E-state index contributed by atoms with van der Waals surface area (Å²) in [5.74, 6) is 0.389. The number of pyridine rings is 1. The van der Waals surface area contributed by atoms with Gasteiger partial charge in [-0.05, 0) is 12.1 Å². The van der Waals surface area contributed by atoms with Gasteiger partial charge in [0.2, 0.25) is 5.89 Å². The smallest absolute Gasteiger partial charge is 0.417 e. The Hall–Kier alpha value is -2.49. The zero-order valence-electron chi connectivity index (χ0n) is 14.3. The molecule has 29 heavy (non-hydrogen) atoms. The van der Waals surface area contributed by atoms with Crippen LogP contribution in [0.2, 0.25) is 15.1 Å². The van der Waals surface area contributed by atoms with Crippen LogP contribution in [0.15, 0.2) is 35.0 Å². The van der Waals surface area contributed by atoms with Crippen molar-refractivity contribution in [1.29, 1.82) is 0 Å². The Morgan fingerprint density at radius 1 is 0.966 bits per heavy atom. The van der Waals surface area contributed by atoms with Gasteiger partial charge in [-0.2, -0.15) is 13.2 Å². The predicted molar refractivity (Wildman–Crippen MR) is 101 cm³/mol. The van der Waals surface area contributed by atoms with E-state index in [-0.39, 0.29) is 38.2 Å². The summed E-state index contributed by atoms with van der Waals surface area (Å²) in [5, 5.41) is 8.16. The van der Waals surface area contributed by atoms with E-state index in [2.05, 4.69) is 15.2 Å². The zero-order chi connectivity index (χ0) is 20.9. The summed E-state index contributed by atoms with van der Waals surface area (Å²) in [7, 11) is 1.45. The fraction of sp³-hybridized carbons (Fsp3) is 0.118. The normalized spacial score (nSPS) is 12.0. The molecule has 0 saturated carbocycles. The number of rotatable bonds is 3. The molecule has 0 unspecified atom stereocenters. The summed E-state index contributed by atoms with van der Waals surface area (Å²) in [6.45, 7) is 0. The summed E-state index contributed by atoms with van der Waals surface area (Å²) in [4.78, 5) is 4.17. The quantitative estimate of drug-likeness (QED) is 0.371. The maximum Gasteiger partial charge on any atom is 0.417 e. The first-order chi connectivity index (χ1) is 13.7. The van der Waals surface area contributed by atoms with E-state index >= 15 is 0 Å². The Labute approximate surface area is 175 Å². The van der Waals surface area contributed by atoms with Crippen molar-refractivity contribution in [3.05, 3.63) is 51.2 Å². The Kier molecular flexibility index (Phi) is 4.84. The number of ether oxygens (including phenoxy) is 1. The molecule has 0 aliphatic heterocycles. The van der Waals surface area contributed by atoms with Crippen LogP contribution in [0, 0.1) is 0 Å². The van der Waals surface area contributed by atoms with Crippen molar-refractivity contribution < 1.29 is 22.3 Å². The summed E-state index contributed by atoms with van der Waals surface area (Å²) >= 11 is 18.2. The highest BCUT2D eigenvalue weighted by Gasteiger charge is 2.32. The lowest BCUT2D eigenvalue weighted by molar-refractivity contribution is -0.137. The van der Waals surface area contributed by atoms with E-state index in [0.717, 1.165) is 16.7 Å². The molecular formula is C17H8Cl3F3N4O2. The van der Waals surface area contributed by atoms with Gasteiger partial charge in [0.15, 0.2) is 5.65 Å². The van der Waals surface area contributed by atoms with Gasteiger partial charge < -0.3 is 13.6 Å². The molecule has 4 rings (SSSR count). The van der Waals surface area contributed by atoms with Crippen molar-refractivity contribution in [3.63, 3.8) is 0 Å². The van der Waals surface area contributed by atoms with E-state index in [1.165, 1.54) is 25.4 Å². The first-order valence-electron chi connectivity index (χ1n) is 7.80. The van der Waals surface area contributed by atoms with Crippen molar-refractivity contribution in [3.8, 4) is 28.8 Å². The minimum atomic E-state index is -4.55. The number of fused-ring (bicyclic) bond motifs is 1. The van der Waals surface area contributed by atoms with Crippen molar-refractivity contribution in [2.45, 2.75) is 6.18 Å². The van der Waals surface area contributed by atoms with Gasteiger partial charge in [-0.25, -0.2) is 4.98 Å². The van der Waals surface area contributed by atoms with Gasteiger partial charge in [0.1, 0.15) is 11.4 Å². The second-order valence-corrected chi connectivity index (χ2v) is 7.03. The lowest BCUT2D eigenvalue weighted by Crippen LogP contribution is -2.06. The maximum atomic E-state index is 13.0. The molecule has 0 bridgehead atoms. The van der Waals surface area contributed by atoms with Gasteiger partial charge in [-0.15, -0.1) is 10.2 Å². The minimum absolute atomic E-state index is 0.0312. The standard InChI is InChI=1S/C17H8Cl3F3N4O2/c1-28-13-4-9(18)8(3-10(13)19)15-25-26-16(29-15)12-6-27-5-7(17(21,22)23)2-11(20)14(27)24-12/h2-6H,1H3. The highest BCUT2D eigenvalue weighted by Crippen LogP contribution is 2.37. The summed E-state index contributed by atoms with van der Waals surface area (Å²) in [6, 6.07) is 3.79. The molecule has 6 nitrogen and oxygen atoms in total. The van der Waals surface area contributed by atoms with Crippen LogP contribution in [-0.2, 0) is 6.18 Å². The Morgan fingerprint density at radius 3 is 2.38 bits per heavy atom. The highest BCUT2D eigenvalue weighted by molar-refractivity contribution is 6.36. The van der Waals surface area contributed by atoms with Crippen LogP contribution in [0.5, 0.6) is 5.75 Å². The molecule has 0 aliphatic carbocycles. The van der Waals surface area contributed by atoms with E-state index in [9.17, 15) is 13.2 Å². The monoisotopic (exact) mass is 462 g/mol. The highest BCUT2D eigenvalue weighted by atomic mass is 35.5. The van der Waals surface area contributed by atoms with Gasteiger partial charge in [0, 0.05) is 18.5 Å². The number of hydrogen-bond acceptors (Lipinski definition) is 5. The van der Waals surface area contributed by atoms with Crippen LogP contribution >= 0.6 is 34.8 Å². The van der Waals surface area contributed by atoms with Crippen LogP contribution in [0.3, 0.4) is 0 Å². The molecule has 0 radical (unpaired) electrons. The molecule has 150 valence electrons. The molecule has 0 N–H and O–H groups in total. The summed E-state index contributed by atoms with van der Waals surface area (Å²) < 4.78 is 50.7. The van der Waals surface area contributed by atoms with E-state index in [4.69, 9.17) is 44.0 Å². The van der Waals surface area contributed by atoms with Gasteiger partial charge >= 0.3 is 6.18 Å². The first kappa shape index (κ1) is 19.8. The number of benzene rings is 1. The van der Waals surface area contributed by atoms with E-state index in [1.54, 1.807) is 0 Å². The predicted octanol–water partition coefficient (Wildman–Crippen LogP) is 6.04. The molecule has 4 aromatic rings. The Bertz CT molecular complexity index is 1240. The van der Waals surface area contributed by atoms with Crippen LogP contribution < -0.4 is 4.74 Å². The molecular weight excluding hydrogens is 456 g/mol. The van der Waals surface area contributed by atoms with Crippen molar-refractivity contribution in [1.82, 2.24) is 19.6 Å². The molecule has 0 atom stereocenters. The van der Waals surface area contributed by atoms with E-state index in [1.807, 2.05) is 0 Å². The zero-order valence-corrected chi connectivity index (χ0v) is 16.5. The SMILES string of the molecule is COc1cc(Cl)c(-c2nnc(-c3cn4cc(C(F)(F)F)cc(Cl)c4n3)o2)cc1Cl. The molecule has 3 aromatic heterocycles. The molecule has 1 aromatic carbocycles. The molecule has 3 heterocycles. The van der Waals surface area contributed by atoms with Gasteiger partial charge in [0.25, 0.3) is 5.89 Å². The number of nitrogens with zero attached hydrogens (tertiary/aromatic N) is 4. The third-order valence-corrected chi connectivity index (χ3v) is 4.84. The lowest BCUT2D eigenvalue weighted by Gasteiger charge is -2.07.